The summed E-state index contributed by atoms with van der Waals surface area (Å²) in [5.74, 6) is -0.892. The fourth-order valence-electron chi connectivity index (χ4n) is 4.73. The fraction of sp³-hybridized carbons (Fsp3) is 0.543. The Morgan fingerprint density at radius 3 is 2.07 bits per heavy atom. The van der Waals surface area contributed by atoms with Crippen molar-refractivity contribution < 1.29 is 28.7 Å². The lowest BCUT2D eigenvalue weighted by Crippen LogP contribution is -2.55. The van der Waals surface area contributed by atoms with Gasteiger partial charge in [0.2, 0.25) is 11.8 Å². The number of alkyl carbamates (subject to hydrolysis) is 1. The number of carbonyl (C=O) groups is 4. The van der Waals surface area contributed by atoms with Crippen molar-refractivity contribution in [3.63, 3.8) is 0 Å². The van der Waals surface area contributed by atoms with Gasteiger partial charge in [0.15, 0.2) is 0 Å². The van der Waals surface area contributed by atoms with E-state index in [2.05, 4.69) is 10.6 Å². The van der Waals surface area contributed by atoms with Gasteiger partial charge in [-0.25, -0.2) is 9.59 Å². The number of hydrogen-bond acceptors (Lipinski definition) is 7. The van der Waals surface area contributed by atoms with Crippen molar-refractivity contribution in [3.8, 4) is 0 Å². The summed E-state index contributed by atoms with van der Waals surface area (Å²) >= 11 is 1.55. The molecule has 0 spiro atoms. The van der Waals surface area contributed by atoms with E-state index in [0.29, 0.717) is 24.2 Å². The molecule has 0 radical (unpaired) electrons. The Morgan fingerprint density at radius 2 is 1.51 bits per heavy atom. The molecule has 0 aliphatic heterocycles. The van der Waals surface area contributed by atoms with E-state index in [9.17, 15) is 19.2 Å². The van der Waals surface area contributed by atoms with E-state index >= 15 is 0 Å². The number of amides is 3. The van der Waals surface area contributed by atoms with Crippen LogP contribution in [0.25, 0.3) is 0 Å². The van der Waals surface area contributed by atoms with Gasteiger partial charge in [0, 0.05) is 13.0 Å². The van der Waals surface area contributed by atoms with Gasteiger partial charge in [-0.15, -0.1) is 0 Å². The maximum Gasteiger partial charge on any atom is 0.408 e. The summed E-state index contributed by atoms with van der Waals surface area (Å²) < 4.78 is 11.2. The fourth-order valence-corrected chi connectivity index (χ4v) is 5.20. The lowest BCUT2D eigenvalue weighted by molar-refractivity contribution is -0.159. The van der Waals surface area contributed by atoms with Gasteiger partial charge in [-0.1, -0.05) is 67.1 Å². The standard InChI is InChI=1S/C35H51N3O6S/c1-10-20-38(31(40)27(19-21-45-9)37-33(42)44-35(6,7)8)29(26-18-14-15-24(2)22-26)30(39)36-28(32(41)43-34(3,4)5)23-25-16-12-11-13-17-25/h11-18,22,27-29H,10,19-21,23H2,1-9H3,(H,36,39)(H,37,42). The van der Waals surface area contributed by atoms with Gasteiger partial charge in [0.1, 0.15) is 29.3 Å². The molecule has 0 aliphatic carbocycles. The molecule has 248 valence electrons. The lowest BCUT2D eigenvalue weighted by atomic mass is 9.99. The van der Waals surface area contributed by atoms with E-state index in [1.165, 1.54) is 4.90 Å². The monoisotopic (exact) mass is 641 g/mol. The van der Waals surface area contributed by atoms with Gasteiger partial charge in [-0.3, -0.25) is 9.59 Å². The number of thioether (sulfide) groups is 1. The Morgan fingerprint density at radius 1 is 0.867 bits per heavy atom. The number of benzene rings is 2. The molecule has 0 fully saturated rings. The first-order chi connectivity index (χ1) is 21.0. The Balaban J connectivity index is 2.56. The summed E-state index contributed by atoms with van der Waals surface area (Å²) in [5.41, 5.74) is 0.834. The van der Waals surface area contributed by atoms with E-state index < -0.39 is 53.2 Å². The van der Waals surface area contributed by atoms with Crippen LogP contribution in [0.3, 0.4) is 0 Å². The Bertz CT molecular complexity index is 1270. The average Bonchev–Trinajstić information content (AvgIpc) is 2.93. The minimum atomic E-state index is -1.07. The van der Waals surface area contributed by atoms with Crippen LogP contribution in [0, 0.1) is 6.92 Å². The molecule has 10 heteroatoms. The van der Waals surface area contributed by atoms with E-state index in [0.717, 1.165) is 11.1 Å². The summed E-state index contributed by atoms with van der Waals surface area (Å²) in [4.78, 5) is 56.4. The zero-order chi connectivity index (χ0) is 33.8. The number of aryl methyl sites for hydroxylation is 1. The molecule has 0 saturated carbocycles. The molecule has 0 saturated heterocycles. The normalized spacial score (nSPS) is 13.6. The van der Waals surface area contributed by atoms with Crippen LogP contribution in [-0.4, -0.2) is 70.6 Å². The molecule has 2 rings (SSSR count). The van der Waals surface area contributed by atoms with E-state index in [1.807, 2.05) is 68.6 Å². The first kappa shape index (κ1) is 37.7. The molecule has 0 heterocycles. The minimum Gasteiger partial charge on any atom is -0.458 e. The third-order valence-corrected chi connectivity index (χ3v) is 7.20. The van der Waals surface area contributed by atoms with Crippen molar-refractivity contribution >= 4 is 35.6 Å². The molecule has 9 nitrogen and oxygen atoms in total. The molecule has 3 unspecified atom stereocenters. The maximum atomic E-state index is 14.4. The SMILES string of the molecule is CCCN(C(=O)C(CCSC)NC(=O)OC(C)(C)C)C(C(=O)NC(Cc1ccccc1)C(=O)OC(C)(C)C)c1cccc(C)c1. The molecule has 3 atom stereocenters. The highest BCUT2D eigenvalue weighted by atomic mass is 32.2. The molecular weight excluding hydrogens is 590 g/mol. The highest BCUT2D eigenvalue weighted by Crippen LogP contribution is 2.25. The van der Waals surface area contributed by atoms with Crippen LogP contribution in [0.15, 0.2) is 54.6 Å². The molecule has 3 amide bonds. The number of hydrogen-bond donors (Lipinski definition) is 2. The Hall–Kier alpha value is -3.53. The van der Waals surface area contributed by atoms with Crippen LogP contribution >= 0.6 is 11.8 Å². The number of nitrogens with one attached hydrogen (secondary N) is 2. The van der Waals surface area contributed by atoms with Gasteiger partial charge in [-0.2, -0.15) is 11.8 Å². The van der Waals surface area contributed by atoms with Gasteiger partial charge in [0.25, 0.3) is 0 Å². The van der Waals surface area contributed by atoms with E-state index in [-0.39, 0.29) is 13.0 Å². The number of ether oxygens (including phenoxy) is 2. The Kier molecular flexibility index (Phi) is 14.4. The summed E-state index contributed by atoms with van der Waals surface area (Å²) in [6.45, 7) is 14.7. The first-order valence-corrected chi connectivity index (χ1v) is 16.9. The van der Waals surface area contributed by atoms with Gasteiger partial charge in [-0.05, 0) is 84.4 Å². The number of esters is 1. The molecule has 0 aliphatic rings. The van der Waals surface area contributed by atoms with Crippen LogP contribution in [0.5, 0.6) is 0 Å². The molecule has 0 bridgehead atoms. The number of nitrogens with zero attached hydrogens (tertiary/aromatic N) is 1. The van der Waals surface area contributed by atoms with Crippen LogP contribution < -0.4 is 10.6 Å². The summed E-state index contributed by atoms with van der Waals surface area (Å²) in [6, 6.07) is 13.8. The van der Waals surface area contributed by atoms with Crippen LogP contribution in [0.4, 0.5) is 4.79 Å². The van der Waals surface area contributed by atoms with Crippen LogP contribution in [0.2, 0.25) is 0 Å². The quantitative estimate of drug-likeness (QED) is 0.244. The van der Waals surface area contributed by atoms with Crippen molar-refractivity contribution in [3.05, 3.63) is 71.3 Å². The average molecular weight is 642 g/mol. The maximum absolute atomic E-state index is 14.4. The molecule has 2 N–H and O–H groups in total. The van der Waals surface area contributed by atoms with Crippen molar-refractivity contribution in [2.24, 2.45) is 0 Å². The summed E-state index contributed by atoms with van der Waals surface area (Å²) in [5, 5.41) is 5.68. The van der Waals surface area contributed by atoms with Gasteiger partial charge in [0.05, 0.1) is 0 Å². The third kappa shape index (κ3) is 13.2. The highest BCUT2D eigenvalue weighted by molar-refractivity contribution is 7.98. The second kappa shape index (κ2) is 17.2. The number of rotatable bonds is 14. The Labute approximate surface area is 273 Å². The predicted molar refractivity (Wildman–Crippen MR) is 180 cm³/mol. The number of carbonyl (C=O) groups excluding carboxylic acids is 4. The van der Waals surface area contributed by atoms with Gasteiger partial charge < -0.3 is 25.0 Å². The van der Waals surface area contributed by atoms with Crippen molar-refractivity contribution in [1.29, 1.82) is 0 Å². The van der Waals surface area contributed by atoms with E-state index in [4.69, 9.17) is 9.47 Å². The van der Waals surface area contributed by atoms with Crippen molar-refractivity contribution in [2.45, 2.75) is 104 Å². The second-order valence-corrected chi connectivity index (χ2v) is 14.1. The topological polar surface area (TPSA) is 114 Å². The summed E-state index contributed by atoms with van der Waals surface area (Å²) in [7, 11) is 0. The smallest absolute Gasteiger partial charge is 0.408 e. The molecule has 2 aromatic carbocycles. The molecule has 2 aromatic rings. The second-order valence-electron chi connectivity index (χ2n) is 13.1. The molecule has 0 aromatic heterocycles. The predicted octanol–water partition coefficient (Wildman–Crippen LogP) is 5.99. The van der Waals surface area contributed by atoms with Crippen LogP contribution in [0.1, 0.15) is 84.0 Å². The highest BCUT2D eigenvalue weighted by Gasteiger charge is 2.38. The van der Waals surface area contributed by atoms with Crippen molar-refractivity contribution in [1.82, 2.24) is 15.5 Å². The first-order valence-electron chi connectivity index (χ1n) is 15.5. The van der Waals surface area contributed by atoms with Crippen LogP contribution in [-0.2, 0) is 30.3 Å². The zero-order valence-electron chi connectivity index (χ0n) is 28.3. The molecule has 45 heavy (non-hydrogen) atoms. The van der Waals surface area contributed by atoms with Gasteiger partial charge >= 0.3 is 12.1 Å². The van der Waals surface area contributed by atoms with E-state index in [1.54, 1.807) is 59.4 Å². The molecular formula is C35H51N3O6S. The lowest BCUT2D eigenvalue weighted by Gasteiger charge is -2.35. The largest absolute Gasteiger partial charge is 0.458 e. The minimum absolute atomic E-state index is 0.209. The summed E-state index contributed by atoms with van der Waals surface area (Å²) in [6.07, 6.45) is 2.33. The zero-order valence-corrected chi connectivity index (χ0v) is 29.1. The third-order valence-electron chi connectivity index (χ3n) is 6.56. The van der Waals surface area contributed by atoms with Crippen molar-refractivity contribution in [2.75, 3.05) is 18.6 Å².